The lowest BCUT2D eigenvalue weighted by Gasteiger charge is -2.17. The molecule has 0 unspecified atom stereocenters. The van der Waals surface area contributed by atoms with Crippen molar-refractivity contribution in [2.24, 2.45) is 0 Å². The Morgan fingerprint density at radius 2 is 1.05 bits per heavy atom. The molecule has 0 aliphatic heterocycles. The predicted octanol–water partition coefficient (Wildman–Crippen LogP) is 8.41. The molecule has 7 aromatic rings. The zero-order valence-electron chi connectivity index (χ0n) is 23.4. The van der Waals surface area contributed by atoms with Crippen LogP contribution in [0.5, 0.6) is 0 Å². The average molecular weight is 549 g/mol. The van der Waals surface area contributed by atoms with Crippen molar-refractivity contribution < 1.29 is 8.83 Å². The Labute approximate surface area is 243 Å². The van der Waals surface area contributed by atoms with Crippen molar-refractivity contribution in [3.8, 4) is 34.4 Å². The van der Waals surface area contributed by atoms with Gasteiger partial charge in [-0.05, 0) is 77.1 Å². The summed E-state index contributed by atoms with van der Waals surface area (Å²) in [5, 5.41) is 19.6. The van der Waals surface area contributed by atoms with Gasteiger partial charge in [-0.2, -0.15) is 0 Å². The number of hydrogen-bond donors (Lipinski definition) is 0. The number of nitrogens with zero attached hydrogens (tertiary/aromatic N) is 4. The largest absolute Gasteiger partial charge is 0.421 e. The fourth-order valence-electron chi connectivity index (χ4n) is 5.55. The van der Waals surface area contributed by atoms with E-state index in [1.807, 2.05) is 43.3 Å². The summed E-state index contributed by atoms with van der Waals surface area (Å²) >= 11 is 0. The summed E-state index contributed by atoms with van der Waals surface area (Å²) in [6.45, 7) is 3.86. The first-order chi connectivity index (χ1) is 20.6. The minimum Gasteiger partial charge on any atom is -0.421 e. The Bertz CT molecular complexity index is 2010. The average Bonchev–Trinajstić information content (AvgIpc) is 3.69. The van der Waals surface area contributed by atoms with Crippen molar-refractivity contribution in [1.29, 1.82) is 0 Å². The van der Waals surface area contributed by atoms with E-state index in [9.17, 15) is 0 Å². The van der Waals surface area contributed by atoms with E-state index in [1.54, 1.807) is 0 Å². The third kappa shape index (κ3) is 4.99. The number of aromatic nitrogens is 4. The van der Waals surface area contributed by atoms with Crippen molar-refractivity contribution in [2.75, 3.05) is 0 Å². The maximum Gasteiger partial charge on any atom is 0.248 e. The second-order valence-corrected chi connectivity index (χ2v) is 10.5. The maximum absolute atomic E-state index is 6.36. The van der Waals surface area contributed by atoms with Crippen LogP contribution >= 0.6 is 0 Å². The first-order valence-corrected chi connectivity index (χ1v) is 14.0. The van der Waals surface area contributed by atoms with Crippen LogP contribution in [0.15, 0.2) is 118 Å². The lowest BCUT2D eigenvalue weighted by Crippen LogP contribution is -1.99. The summed E-state index contributed by atoms with van der Waals surface area (Å²) in [4.78, 5) is 0. The lowest BCUT2D eigenvalue weighted by atomic mass is 9.87. The normalized spacial score (nSPS) is 11.3. The molecule has 0 saturated carbocycles. The van der Waals surface area contributed by atoms with Crippen LogP contribution in [-0.2, 0) is 12.8 Å². The molecule has 2 heterocycles. The number of benzene rings is 5. The highest BCUT2D eigenvalue weighted by atomic mass is 16.4. The van der Waals surface area contributed by atoms with E-state index in [0.29, 0.717) is 23.6 Å². The fourth-order valence-corrected chi connectivity index (χ4v) is 5.55. The van der Waals surface area contributed by atoms with Crippen molar-refractivity contribution in [3.05, 3.63) is 143 Å². The van der Waals surface area contributed by atoms with Crippen molar-refractivity contribution >= 4 is 10.8 Å². The van der Waals surface area contributed by atoms with Gasteiger partial charge in [-0.25, -0.2) is 0 Å². The van der Waals surface area contributed by atoms with Crippen LogP contribution in [0, 0.1) is 13.8 Å². The van der Waals surface area contributed by atoms with Crippen molar-refractivity contribution in [1.82, 2.24) is 20.4 Å². The van der Waals surface area contributed by atoms with Gasteiger partial charge < -0.3 is 8.83 Å². The second-order valence-electron chi connectivity index (χ2n) is 10.5. The SMILES string of the molecule is Cc1cccc(-c2nnc(-c3ccc(-c4nnc(C)o4)c4c(Cc5ccccc5)ccc(Cc5ccccc5)c34)o2)c1. The minimum atomic E-state index is 0.468. The van der Waals surface area contributed by atoms with E-state index in [1.165, 1.54) is 11.1 Å². The monoisotopic (exact) mass is 548 g/mol. The Morgan fingerprint density at radius 1 is 0.500 bits per heavy atom. The smallest absolute Gasteiger partial charge is 0.248 e. The van der Waals surface area contributed by atoms with Crippen LogP contribution in [0.2, 0.25) is 0 Å². The van der Waals surface area contributed by atoms with Crippen LogP contribution < -0.4 is 0 Å². The topological polar surface area (TPSA) is 77.8 Å². The molecule has 0 fully saturated rings. The highest BCUT2D eigenvalue weighted by Crippen LogP contribution is 2.40. The summed E-state index contributed by atoms with van der Waals surface area (Å²) in [5.41, 5.74) is 8.51. The molecule has 2 aromatic heterocycles. The third-order valence-corrected chi connectivity index (χ3v) is 7.48. The zero-order chi connectivity index (χ0) is 28.5. The van der Waals surface area contributed by atoms with Gasteiger partial charge in [0.2, 0.25) is 23.6 Å². The molecule has 0 N–H and O–H groups in total. The maximum atomic E-state index is 6.36. The van der Waals surface area contributed by atoms with Gasteiger partial charge in [-0.15, -0.1) is 20.4 Å². The second kappa shape index (κ2) is 10.9. The van der Waals surface area contributed by atoms with E-state index >= 15 is 0 Å². The molecule has 0 aliphatic rings. The van der Waals surface area contributed by atoms with Crippen molar-refractivity contribution in [3.63, 3.8) is 0 Å². The van der Waals surface area contributed by atoms with E-state index < -0.39 is 0 Å². The standard InChI is InChI=1S/C36H28N4O2/c1-23-10-9-15-29(20-23)34-38-40-36(42-34)31-19-18-30(35-39-37-24(2)41-35)32-27(21-25-11-5-3-6-12-25)16-17-28(33(31)32)22-26-13-7-4-8-14-26/h3-20H,21-22H2,1-2H3. The van der Waals surface area contributed by atoms with Crippen LogP contribution in [0.25, 0.3) is 45.1 Å². The molecular weight excluding hydrogens is 520 g/mol. The van der Waals surface area contributed by atoms with Crippen LogP contribution in [0.4, 0.5) is 0 Å². The summed E-state index contributed by atoms with van der Waals surface area (Å²) in [5.74, 6) is 1.97. The quantitative estimate of drug-likeness (QED) is 0.199. The van der Waals surface area contributed by atoms with Crippen LogP contribution in [0.3, 0.4) is 0 Å². The molecule has 0 radical (unpaired) electrons. The number of rotatable bonds is 7. The molecule has 5 aromatic carbocycles. The highest BCUT2D eigenvalue weighted by Gasteiger charge is 2.22. The highest BCUT2D eigenvalue weighted by molar-refractivity contribution is 6.06. The Hall–Kier alpha value is -5.36. The molecule has 0 atom stereocenters. The van der Waals surface area contributed by atoms with Crippen molar-refractivity contribution in [2.45, 2.75) is 26.7 Å². The van der Waals surface area contributed by atoms with Gasteiger partial charge in [0.15, 0.2) is 0 Å². The first kappa shape index (κ1) is 25.6. The zero-order valence-corrected chi connectivity index (χ0v) is 23.4. The molecule has 7 rings (SSSR count). The molecule has 0 aliphatic carbocycles. The van der Waals surface area contributed by atoms with E-state index in [0.717, 1.165) is 57.0 Å². The molecule has 204 valence electrons. The van der Waals surface area contributed by atoms with Gasteiger partial charge >= 0.3 is 0 Å². The van der Waals surface area contributed by atoms with Gasteiger partial charge in [0.25, 0.3) is 0 Å². The molecule has 0 bridgehead atoms. The molecule has 0 amide bonds. The molecule has 0 saturated heterocycles. The van der Waals surface area contributed by atoms with Gasteiger partial charge in [0.05, 0.1) is 0 Å². The van der Waals surface area contributed by atoms with Gasteiger partial charge in [0, 0.05) is 23.6 Å². The van der Waals surface area contributed by atoms with E-state index in [2.05, 4.69) is 100 Å². The molecule has 0 spiro atoms. The van der Waals surface area contributed by atoms with Crippen LogP contribution in [-0.4, -0.2) is 20.4 Å². The fraction of sp³-hybridized carbons (Fsp3) is 0.111. The minimum absolute atomic E-state index is 0.468. The summed E-state index contributed by atoms with van der Waals surface area (Å²) < 4.78 is 12.3. The number of fused-ring (bicyclic) bond motifs is 1. The summed E-state index contributed by atoms with van der Waals surface area (Å²) in [6.07, 6.45) is 1.48. The van der Waals surface area contributed by atoms with E-state index in [-0.39, 0.29) is 0 Å². The molecule has 42 heavy (non-hydrogen) atoms. The number of hydrogen-bond acceptors (Lipinski definition) is 6. The molecule has 6 heteroatoms. The molecular formula is C36H28N4O2. The van der Waals surface area contributed by atoms with Gasteiger partial charge in [0.1, 0.15) is 0 Å². The predicted molar refractivity (Wildman–Crippen MR) is 164 cm³/mol. The Morgan fingerprint density at radius 3 is 1.60 bits per heavy atom. The van der Waals surface area contributed by atoms with E-state index in [4.69, 9.17) is 8.83 Å². The Kier molecular flexibility index (Phi) is 6.64. The van der Waals surface area contributed by atoms with Crippen LogP contribution in [0.1, 0.15) is 33.7 Å². The van der Waals surface area contributed by atoms with Gasteiger partial charge in [-0.3, -0.25) is 0 Å². The summed E-state index contributed by atoms with van der Waals surface area (Å²) in [7, 11) is 0. The number of aryl methyl sites for hydroxylation is 2. The lowest BCUT2D eigenvalue weighted by molar-refractivity contribution is 0.533. The third-order valence-electron chi connectivity index (χ3n) is 7.48. The molecule has 6 nitrogen and oxygen atoms in total. The summed E-state index contributed by atoms with van der Waals surface area (Å²) in [6, 6.07) is 37.5. The van der Waals surface area contributed by atoms with Gasteiger partial charge in [-0.1, -0.05) is 90.5 Å². The first-order valence-electron chi connectivity index (χ1n) is 14.0. The Balaban J connectivity index is 1.49.